The Balaban J connectivity index is 1.45. The third-order valence-electron chi connectivity index (χ3n) is 6.53. The van der Waals surface area contributed by atoms with Gasteiger partial charge in [0.1, 0.15) is 17.7 Å². The Morgan fingerprint density at radius 2 is 1.77 bits per heavy atom. The predicted molar refractivity (Wildman–Crippen MR) is 160 cm³/mol. The lowest BCUT2D eigenvalue weighted by Crippen LogP contribution is -2.12. The first-order chi connectivity index (χ1) is 19.3. The molecule has 0 unspecified atom stereocenters. The summed E-state index contributed by atoms with van der Waals surface area (Å²) in [7, 11) is 1.56. The maximum absolute atomic E-state index is 11.7. The highest BCUT2D eigenvalue weighted by Gasteiger charge is 2.26. The average molecular weight is 620 g/mol. The predicted octanol–water partition coefficient (Wildman–Crippen LogP) is 7.50. The van der Waals surface area contributed by atoms with E-state index >= 15 is 0 Å². The molecule has 0 fully saturated rings. The van der Waals surface area contributed by atoms with Crippen LogP contribution in [-0.2, 0) is 6.61 Å². The number of hydrogen-bond donors (Lipinski definition) is 0. The van der Waals surface area contributed by atoms with Crippen LogP contribution in [0.5, 0.6) is 11.5 Å². The Morgan fingerprint density at radius 1 is 1.02 bits per heavy atom. The fourth-order valence-corrected chi connectivity index (χ4v) is 6.25. The summed E-state index contributed by atoms with van der Waals surface area (Å²) in [5, 5.41) is 22.6. The molecule has 0 saturated carbocycles. The van der Waals surface area contributed by atoms with Crippen molar-refractivity contribution in [3.8, 4) is 17.2 Å². The van der Waals surface area contributed by atoms with Crippen molar-refractivity contribution in [3.05, 3.63) is 116 Å². The summed E-state index contributed by atoms with van der Waals surface area (Å²) in [6.07, 6.45) is 0. The van der Waals surface area contributed by atoms with Crippen LogP contribution in [0.1, 0.15) is 27.8 Å². The molecule has 0 amide bonds. The van der Waals surface area contributed by atoms with E-state index in [0.717, 1.165) is 27.6 Å². The molecule has 0 N–H and O–H groups in total. The number of hydrogen-bond acceptors (Lipinski definition) is 7. The van der Waals surface area contributed by atoms with Gasteiger partial charge in [-0.1, -0.05) is 71.9 Å². The van der Waals surface area contributed by atoms with Gasteiger partial charge in [0, 0.05) is 10.6 Å². The molecule has 1 aromatic heterocycles. The van der Waals surface area contributed by atoms with E-state index in [9.17, 15) is 10.1 Å². The second kappa shape index (κ2) is 12.1. The van der Waals surface area contributed by atoms with Crippen molar-refractivity contribution in [1.29, 1.82) is 0 Å². The van der Waals surface area contributed by atoms with Gasteiger partial charge in [-0.05, 0) is 75.9 Å². The molecule has 0 spiro atoms. The normalized spacial score (nSPS) is 11.9. The largest absolute Gasteiger partial charge is 0.493 e. The number of nitro groups is 1. The molecule has 0 radical (unpaired) electrons. The fraction of sp³-hybridized carbons (Fsp3) is 0.200. The van der Waals surface area contributed by atoms with Crippen molar-refractivity contribution in [2.75, 3.05) is 13.7 Å². The summed E-state index contributed by atoms with van der Waals surface area (Å²) in [4.78, 5) is 11.4. The first kappa shape index (κ1) is 27.7. The van der Waals surface area contributed by atoms with E-state index in [-0.39, 0.29) is 11.5 Å². The lowest BCUT2D eigenvalue weighted by molar-refractivity contribution is -0.479. The monoisotopic (exact) mass is 618 g/mol. The van der Waals surface area contributed by atoms with Crippen LogP contribution in [0.2, 0.25) is 0 Å². The van der Waals surface area contributed by atoms with E-state index in [4.69, 9.17) is 9.47 Å². The van der Waals surface area contributed by atoms with Gasteiger partial charge < -0.3 is 9.47 Å². The number of rotatable bonds is 10. The van der Waals surface area contributed by atoms with Gasteiger partial charge in [-0.25, -0.2) is 0 Å². The number of nitrogens with zero attached hydrogens (tertiary/aromatic N) is 4. The van der Waals surface area contributed by atoms with Gasteiger partial charge in [-0.3, -0.25) is 14.7 Å². The quantitative estimate of drug-likeness (QED) is 0.0908. The van der Waals surface area contributed by atoms with Gasteiger partial charge in [-0.15, -0.1) is 10.2 Å². The van der Waals surface area contributed by atoms with Crippen LogP contribution in [0.4, 0.5) is 0 Å². The van der Waals surface area contributed by atoms with Crippen molar-refractivity contribution < 1.29 is 14.4 Å². The molecule has 40 heavy (non-hydrogen) atoms. The van der Waals surface area contributed by atoms with Crippen LogP contribution in [0.15, 0.2) is 88.5 Å². The van der Waals surface area contributed by atoms with Crippen LogP contribution >= 0.6 is 27.7 Å². The zero-order chi connectivity index (χ0) is 28.2. The molecule has 0 bridgehead atoms. The first-order valence-corrected chi connectivity index (χ1v) is 14.3. The molecule has 4 aromatic carbocycles. The summed E-state index contributed by atoms with van der Waals surface area (Å²) < 4.78 is 14.5. The maximum Gasteiger partial charge on any atom is 0.220 e. The summed E-state index contributed by atoms with van der Waals surface area (Å²) in [6, 6.07) is 25.9. The second-order valence-electron chi connectivity index (χ2n) is 9.28. The number of aromatic nitrogens is 3. The first-order valence-electron chi connectivity index (χ1n) is 12.6. The van der Waals surface area contributed by atoms with E-state index in [1.54, 1.807) is 13.2 Å². The van der Waals surface area contributed by atoms with E-state index in [0.29, 0.717) is 39.1 Å². The Bertz CT molecular complexity index is 1670. The molecule has 5 aromatic rings. The summed E-state index contributed by atoms with van der Waals surface area (Å²) in [6.45, 7) is 3.91. The maximum atomic E-state index is 11.7. The van der Waals surface area contributed by atoms with Crippen LogP contribution in [0, 0.1) is 24.0 Å². The minimum atomic E-state index is -0.555. The Morgan fingerprint density at radius 3 is 2.52 bits per heavy atom. The van der Waals surface area contributed by atoms with Crippen molar-refractivity contribution >= 4 is 38.5 Å². The van der Waals surface area contributed by atoms with Gasteiger partial charge in [0.2, 0.25) is 6.54 Å². The van der Waals surface area contributed by atoms with Crippen molar-refractivity contribution in [2.45, 2.75) is 30.9 Å². The lowest BCUT2D eigenvalue weighted by Gasteiger charge is -2.18. The van der Waals surface area contributed by atoms with Gasteiger partial charge in [-0.2, -0.15) is 0 Å². The van der Waals surface area contributed by atoms with E-state index in [1.807, 2.05) is 73.0 Å². The van der Waals surface area contributed by atoms with Crippen molar-refractivity contribution in [3.63, 3.8) is 0 Å². The average Bonchev–Trinajstić information content (AvgIpc) is 3.31. The smallest absolute Gasteiger partial charge is 0.220 e. The minimum Gasteiger partial charge on any atom is -0.493 e. The number of benzene rings is 4. The summed E-state index contributed by atoms with van der Waals surface area (Å²) in [5.41, 5.74) is 3.78. The Kier molecular flexibility index (Phi) is 8.37. The molecular weight excluding hydrogens is 592 g/mol. The molecule has 1 atom stereocenters. The summed E-state index contributed by atoms with van der Waals surface area (Å²) in [5.74, 6) is 1.71. The molecule has 1 heterocycles. The van der Waals surface area contributed by atoms with Crippen molar-refractivity contribution in [1.82, 2.24) is 14.8 Å². The second-order valence-corrected chi connectivity index (χ2v) is 11.3. The standard InChI is InChI=1S/C30H27BrN4O4S/c1-19-11-13-24(14-12-19)35-20(2)32-33-30(35)40-28(17-34(36)37)23-15-26(31)29(27(16-23)38-3)39-18-22-9-6-8-21-7-4-5-10-25(21)22/h4-16,28H,17-18H2,1-3H3/t28-/m0/s1. The highest BCUT2D eigenvalue weighted by atomic mass is 79.9. The Labute approximate surface area is 244 Å². The van der Waals surface area contributed by atoms with E-state index in [1.165, 1.54) is 11.8 Å². The number of methoxy groups -OCH3 is 1. The van der Waals surface area contributed by atoms with Gasteiger partial charge in [0.15, 0.2) is 16.7 Å². The van der Waals surface area contributed by atoms with Gasteiger partial charge >= 0.3 is 0 Å². The number of aryl methyl sites for hydroxylation is 2. The fourth-order valence-electron chi connectivity index (χ4n) is 4.52. The van der Waals surface area contributed by atoms with Gasteiger partial charge in [0.25, 0.3) is 0 Å². The summed E-state index contributed by atoms with van der Waals surface area (Å²) >= 11 is 4.92. The zero-order valence-corrected chi connectivity index (χ0v) is 24.6. The lowest BCUT2D eigenvalue weighted by atomic mass is 10.1. The molecule has 0 aliphatic heterocycles. The molecule has 204 valence electrons. The number of thioether (sulfide) groups is 1. The zero-order valence-electron chi connectivity index (χ0n) is 22.2. The number of halogens is 1. The molecule has 0 saturated heterocycles. The molecule has 0 aliphatic rings. The third kappa shape index (κ3) is 5.97. The SMILES string of the molecule is COc1cc([C@H](C[N+](=O)[O-])Sc2nnc(C)n2-c2ccc(C)cc2)cc(Br)c1OCc1cccc2ccccc12. The van der Waals surface area contributed by atoms with Crippen LogP contribution < -0.4 is 9.47 Å². The minimum absolute atomic E-state index is 0.309. The van der Waals surface area contributed by atoms with Crippen LogP contribution in [0.25, 0.3) is 16.5 Å². The Hall–Kier alpha value is -3.89. The van der Waals surface area contributed by atoms with Crippen LogP contribution in [0.3, 0.4) is 0 Å². The number of fused-ring (bicyclic) bond motifs is 1. The molecule has 0 aliphatic carbocycles. The van der Waals surface area contributed by atoms with Crippen LogP contribution in [-0.4, -0.2) is 33.3 Å². The topological polar surface area (TPSA) is 92.3 Å². The number of ether oxygens (including phenoxy) is 2. The third-order valence-corrected chi connectivity index (χ3v) is 8.30. The van der Waals surface area contributed by atoms with E-state index < -0.39 is 5.25 Å². The van der Waals surface area contributed by atoms with Gasteiger partial charge in [0.05, 0.1) is 11.6 Å². The van der Waals surface area contributed by atoms with E-state index in [2.05, 4.69) is 44.3 Å². The highest BCUT2D eigenvalue weighted by Crippen LogP contribution is 2.43. The highest BCUT2D eigenvalue weighted by molar-refractivity contribution is 9.10. The molecule has 8 nitrogen and oxygen atoms in total. The molecule has 5 rings (SSSR count). The molecule has 10 heteroatoms. The molecular formula is C30H27BrN4O4S. The van der Waals surface area contributed by atoms with Crippen molar-refractivity contribution in [2.24, 2.45) is 0 Å².